The van der Waals surface area contributed by atoms with Gasteiger partial charge in [-0.05, 0) is 54.5 Å². The van der Waals surface area contributed by atoms with Crippen LogP contribution in [0.3, 0.4) is 0 Å². The fourth-order valence-corrected chi connectivity index (χ4v) is 4.57. The Kier molecular flexibility index (Phi) is 3.45. The smallest absolute Gasteiger partial charge is 0.242 e. The van der Waals surface area contributed by atoms with Gasteiger partial charge >= 0.3 is 0 Å². The third-order valence-corrected chi connectivity index (χ3v) is 5.10. The number of nitrogens with one attached hydrogen (secondary N) is 2. The number of nitrogens with zero attached hydrogens (tertiary/aromatic N) is 2. The predicted octanol–water partition coefficient (Wildman–Crippen LogP) is 1.32. The summed E-state index contributed by atoms with van der Waals surface area (Å²) in [4.78, 5) is 17.2. The summed E-state index contributed by atoms with van der Waals surface area (Å²) < 4.78 is 0. The highest BCUT2D eigenvalue weighted by atomic mass is 16.2. The lowest BCUT2D eigenvalue weighted by molar-refractivity contribution is -0.143. The molecule has 0 spiro atoms. The molecule has 0 aromatic carbocycles. The zero-order valence-corrected chi connectivity index (χ0v) is 15.7. The molecule has 1 atom stereocenters. The first kappa shape index (κ1) is 16.8. The van der Waals surface area contributed by atoms with E-state index in [1.807, 2.05) is 18.7 Å². The van der Waals surface area contributed by atoms with E-state index >= 15 is 0 Å². The van der Waals surface area contributed by atoms with E-state index in [4.69, 9.17) is 0 Å². The molecule has 1 unspecified atom stereocenters. The first-order chi connectivity index (χ1) is 10.3. The van der Waals surface area contributed by atoms with E-state index in [0.29, 0.717) is 0 Å². The molecule has 2 N–H and O–H groups in total. The maximum Gasteiger partial charge on any atom is 0.242 e. The van der Waals surface area contributed by atoms with Gasteiger partial charge in [0.25, 0.3) is 0 Å². The summed E-state index contributed by atoms with van der Waals surface area (Å²) in [6, 6.07) is 0. The summed E-state index contributed by atoms with van der Waals surface area (Å²) in [6.45, 7) is 18.5. The maximum atomic E-state index is 12.7. The number of hydrogen-bond donors (Lipinski definition) is 2. The van der Waals surface area contributed by atoms with Crippen LogP contribution in [0.5, 0.6) is 0 Å². The quantitative estimate of drug-likeness (QED) is 0.823. The molecule has 2 heterocycles. The number of carbonyl (C=O) groups excluding carboxylic acids is 1. The van der Waals surface area contributed by atoms with Crippen LogP contribution in [0.1, 0.15) is 48.5 Å². The van der Waals surface area contributed by atoms with Crippen molar-refractivity contribution in [2.45, 2.75) is 70.6 Å². The van der Waals surface area contributed by atoms with E-state index in [2.05, 4.69) is 56.2 Å². The molecule has 2 saturated heterocycles. The van der Waals surface area contributed by atoms with Gasteiger partial charge in [-0.1, -0.05) is 0 Å². The molecule has 23 heavy (non-hydrogen) atoms. The van der Waals surface area contributed by atoms with Crippen molar-refractivity contribution in [3.63, 3.8) is 0 Å². The van der Waals surface area contributed by atoms with Gasteiger partial charge in [0, 0.05) is 43.0 Å². The van der Waals surface area contributed by atoms with Gasteiger partial charge in [0.15, 0.2) is 0 Å². The number of hydrogen-bond acceptors (Lipinski definition) is 4. The molecular formula is C18H32N4O. The van der Waals surface area contributed by atoms with Crippen molar-refractivity contribution < 1.29 is 4.79 Å². The number of rotatable bonds is 3. The molecule has 130 valence electrons. The van der Waals surface area contributed by atoms with Crippen LogP contribution in [0.4, 0.5) is 0 Å². The van der Waals surface area contributed by atoms with E-state index in [0.717, 1.165) is 26.2 Å². The fraction of sp³-hybridized carbons (Fsp3) is 0.833. The second kappa shape index (κ2) is 4.73. The van der Waals surface area contributed by atoms with Crippen molar-refractivity contribution >= 4 is 5.91 Å². The molecule has 0 radical (unpaired) electrons. The lowest BCUT2D eigenvalue weighted by Gasteiger charge is -2.48. The molecule has 0 aromatic rings. The Morgan fingerprint density at radius 1 is 0.913 bits per heavy atom. The van der Waals surface area contributed by atoms with Gasteiger partial charge in [0.05, 0.1) is 11.1 Å². The number of piperazine rings is 2. The number of carbonyl (C=O) groups is 1. The Balaban J connectivity index is 1.66. The van der Waals surface area contributed by atoms with Crippen molar-refractivity contribution in [2.24, 2.45) is 0 Å². The molecule has 5 nitrogen and oxygen atoms in total. The summed E-state index contributed by atoms with van der Waals surface area (Å²) >= 11 is 0. The van der Waals surface area contributed by atoms with E-state index in [1.165, 1.54) is 5.70 Å². The van der Waals surface area contributed by atoms with Gasteiger partial charge in [0.2, 0.25) is 5.91 Å². The largest absolute Gasteiger partial charge is 0.370 e. The standard InChI is InChI=1S/C18H32N4O/c1-15(2)12-22(14(23)17(5,6)19-15)9-8-21-11-16(3,4)20-18(7)10-13(18)21/h10,19-20H,8-9,11-12H2,1-7H3. The van der Waals surface area contributed by atoms with E-state index in [1.54, 1.807) is 0 Å². The molecule has 5 heteroatoms. The van der Waals surface area contributed by atoms with Gasteiger partial charge in [-0.3, -0.25) is 15.4 Å². The van der Waals surface area contributed by atoms with Crippen molar-refractivity contribution in [3.05, 3.63) is 11.8 Å². The molecule has 1 aliphatic carbocycles. The topological polar surface area (TPSA) is 47.6 Å². The summed E-state index contributed by atoms with van der Waals surface area (Å²) in [7, 11) is 0. The fourth-order valence-electron chi connectivity index (χ4n) is 4.57. The Morgan fingerprint density at radius 3 is 2.09 bits per heavy atom. The molecule has 2 aliphatic heterocycles. The SMILES string of the molecule is CC1(C)CN(CCN2CC(C)(C)NC3(C)C=C23)C(=O)C(C)(C)N1. The first-order valence-electron chi connectivity index (χ1n) is 8.70. The van der Waals surface area contributed by atoms with Crippen LogP contribution in [0.25, 0.3) is 0 Å². The summed E-state index contributed by atoms with van der Waals surface area (Å²) in [6.07, 6.45) is 2.30. The Morgan fingerprint density at radius 2 is 1.43 bits per heavy atom. The lowest BCUT2D eigenvalue weighted by atomic mass is 9.90. The molecule has 3 aliphatic rings. The van der Waals surface area contributed by atoms with Crippen LogP contribution >= 0.6 is 0 Å². The third-order valence-electron chi connectivity index (χ3n) is 5.10. The highest BCUT2D eigenvalue weighted by molar-refractivity contribution is 5.86. The summed E-state index contributed by atoms with van der Waals surface area (Å²) in [5.74, 6) is 0.207. The molecule has 0 bridgehead atoms. The normalized spacial score (nSPS) is 34.0. The highest BCUT2D eigenvalue weighted by Crippen LogP contribution is 2.42. The van der Waals surface area contributed by atoms with Gasteiger partial charge in [-0.25, -0.2) is 0 Å². The van der Waals surface area contributed by atoms with E-state index in [-0.39, 0.29) is 22.5 Å². The molecular weight excluding hydrogens is 288 g/mol. The minimum absolute atomic E-state index is 0.0481. The average Bonchev–Trinajstić information content (AvgIpc) is 3.00. The second-order valence-corrected chi connectivity index (χ2v) is 9.52. The Labute approximate surface area is 140 Å². The zero-order valence-electron chi connectivity index (χ0n) is 15.7. The van der Waals surface area contributed by atoms with Gasteiger partial charge in [-0.15, -0.1) is 0 Å². The van der Waals surface area contributed by atoms with E-state index in [9.17, 15) is 4.79 Å². The van der Waals surface area contributed by atoms with Crippen LogP contribution < -0.4 is 10.6 Å². The monoisotopic (exact) mass is 320 g/mol. The highest BCUT2D eigenvalue weighted by Gasteiger charge is 2.51. The van der Waals surface area contributed by atoms with Gasteiger partial charge < -0.3 is 9.80 Å². The van der Waals surface area contributed by atoms with Crippen LogP contribution in [0, 0.1) is 0 Å². The van der Waals surface area contributed by atoms with Crippen molar-refractivity contribution in [1.29, 1.82) is 0 Å². The molecule has 1 amide bonds. The lowest BCUT2D eigenvalue weighted by Crippen LogP contribution is -2.70. The second-order valence-electron chi connectivity index (χ2n) is 9.52. The van der Waals surface area contributed by atoms with Crippen LogP contribution in [-0.4, -0.2) is 64.0 Å². The van der Waals surface area contributed by atoms with Crippen LogP contribution in [0.15, 0.2) is 11.8 Å². The zero-order chi connectivity index (χ0) is 17.3. The average molecular weight is 320 g/mol. The maximum absolute atomic E-state index is 12.7. The summed E-state index contributed by atoms with van der Waals surface area (Å²) in [5, 5.41) is 7.14. The van der Waals surface area contributed by atoms with Gasteiger partial charge in [0.1, 0.15) is 0 Å². The first-order valence-corrected chi connectivity index (χ1v) is 8.70. The van der Waals surface area contributed by atoms with Crippen LogP contribution in [-0.2, 0) is 4.79 Å². The summed E-state index contributed by atoms with van der Waals surface area (Å²) in [5.41, 5.74) is 1.01. The van der Waals surface area contributed by atoms with Crippen molar-refractivity contribution in [2.75, 3.05) is 26.2 Å². The molecule has 2 fully saturated rings. The number of fused-ring (bicyclic) bond motifs is 1. The van der Waals surface area contributed by atoms with Crippen molar-refractivity contribution in [3.8, 4) is 0 Å². The van der Waals surface area contributed by atoms with Gasteiger partial charge in [-0.2, -0.15) is 0 Å². The molecule has 3 rings (SSSR count). The predicted molar refractivity (Wildman–Crippen MR) is 93.1 cm³/mol. The molecule has 0 aromatic heterocycles. The van der Waals surface area contributed by atoms with Crippen LogP contribution in [0.2, 0.25) is 0 Å². The minimum Gasteiger partial charge on any atom is -0.370 e. The van der Waals surface area contributed by atoms with Crippen molar-refractivity contribution in [1.82, 2.24) is 20.4 Å². The third kappa shape index (κ3) is 3.13. The minimum atomic E-state index is -0.488. The Hall–Kier alpha value is -1.07. The Bertz CT molecular complexity index is 561. The number of amides is 1. The van der Waals surface area contributed by atoms with E-state index < -0.39 is 5.54 Å². The molecule has 0 saturated carbocycles.